The number of carbonyl (C=O) groups is 1. The van der Waals surface area contributed by atoms with Crippen molar-refractivity contribution in [1.29, 1.82) is 0 Å². The molecule has 0 radical (unpaired) electrons. The van der Waals surface area contributed by atoms with E-state index in [9.17, 15) is 14.9 Å². The van der Waals surface area contributed by atoms with Crippen LogP contribution in [0.5, 0.6) is 11.5 Å². The van der Waals surface area contributed by atoms with E-state index in [-0.39, 0.29) is 30.2 Å². The summed E-state index contributed by atoms with van der Waals surface area (Å²) in [4.78, 5) is 21.9. The van der Waals surface area contributed by atoms with Gasteiger partial charge in [-0.15, -0.1) is 0 Å². The third-order valence-electron chi connectivity index (χ3n) is 2.98. The maximum absolute atomic E-state index is 11.5. The normalized spacial score (nSPS) is 10.1. The SMILES string of the molecule is COC(=O)c1ccc([N+](=O)[O-])c(OCCOc2cccc(Cl)c2)c1. The van der Waals surface area contributed by atoms with E-state index >= 15 is 0 Å². The van der Waals surface area contributed by atoms with Crippen LogP contribution in [-0.4, -0.2) is 31.2 Å². The first kappa shape index (κ1) is 17.6. The highest BCUT2D eigenvalue weighted by Crippen LogP contribution is 2.28. The monoisotopic (exact) mass is 351 g/mol. The van der Waals surface area contributed by atoms with Crippen LogP contribution in [0.25, 0.3) is 0 Å². The smallest absolute Gasteiger partial charge is 0.337 e. The molecule has 0 saturated heterocycles. The van der Waals surface area contributed by atoms with Crippen LogP contribution in [-0.2, 0) is 4.74 Å². The number of nitro groups is 1. The van der Waals surface area contributed by atoms with Crippen molar-refractivity contribution in [2.24, 2.45) is 0 Å². The fourth-order valence-corrected chi connectivity index (χ4v) is 2.07. The average molecular weight is 352 g/mol. The Kier molecular flexibility index (Phi) is 5.97. The quantitative estimate of drug-likeness (QED) is 0.328. The molecule has 0 fully saturated rings. The van der Waals surface area contributed by atoms with E-state index in [4.69, 9.17) is 21.1 Å². The molecule has 8 heteroatoms. The lowest BCUT2D eigenvalue weighted by atomic mass is 10.2. The number of nitro benzene ring substituents is 1. The van der Waals surface area contributed by atoms with Gasteiger partial charge in [-0.2, -0.15) is 0 Å². The number of benzene rings is 2. The minimum absolute atomic E-state index is 0.0300. The molecule has 0 spiro atoms. The molecular weight excluding hydrogens is 338 g/mol. The van der Waals surface area contributed by atoms with Crippen molar-refractivity contribution >= 4 is 23.3 Å². The van der Waals surface area contributed by atoms with Crippen LogP contribution in [0.15, 0.2) is 42.5 Å². The Labute approximate surface area is 142 Å². The standard InChI is InChI=1S/C16H14ClNO6/c1-22-16(19)11-5-6-14(18(20)21)15(9-11)24-8-7-23-13-4-2-3-12(17)10-13/h2-6,9-10H,7-8H2,1H3. The Bertz CT molecular complexity index is 749. The van der Waals surface area contributed by atoms with E-state index in [1.807, 2.05) is 0 Å². The van der Waals surface area contributed by atoms with Crippen LogP contribution < -0.4 is 9.47 Å². The maximum atomic E-state index is 11.5. The molecule has 0 atom stereocenters. The van der Waals surface area contributed by atoms with Crippen molar-refractivity contribution < 1.29 is 23.9 Å². The molecule has 0 bridgehead atoms. The third kappa shape index (κ3) is 4.60. The third-order valence-corrected chi connectivity index (χ3v) is 3.22. The minimum atomic E-state index is -0.607. The number of hydrogen-bond donors (Lipinski definition) is 0. The molecule has 7 nitrogen and oxygen atoms in total. The van der Waals surface area contributed by atoms with Crippen molar-refractivity contribution in [1.82, 2.24) is 0 Å². The second-order valence-electron chi connectivity index (χ2n) is 4.59. The molecule has 0 aliphatic heterocycles. The molecule has 0 aromatic heterocycles. The molecule has 2 aromatic carbocycles. The van der Waals surface area contributed by atoms with E-state index in [1.54, 1.807) is 24.3 Å². The Morgan fingerprint density at radius 2 is 1.92 bits per heavy atom. The van der Waals surface area contributed by atoms with Gasteiger partial charge in [0.25, 0.3) is 0 Å². The highest BCUT2D eigenvalue weighted by Gasteiger charge is 2.18. The molecule has 0 aliphatic rings. The van der Waals surface area contributed by atoms with Crippen LogP contribution in [0.4, 0.5) is 5.69 Å². The first-order valence-electron chi connectivity index (χ1n) is 6.89. The van der Waals surface area contributed by atoms with Gasteiger partial charge in [-0.1, -0.05) is 17.7 Å². The molecule has 2 rings (SSSR count). The molecule has 0 unspecified atom stereocenters. The molecule has 0 N–H and O–H groups in total. The molecular formula is C16H14ClNO6. The number of carbonyl (C=O) groups excluding carboxylic acids is 1. The van der Waals surface area contributed by atoms with Gasteiger partial charge in [-0.3, -0.25) is 10.1 Å². The highest BCUT2D eigenvalue weighted by molar-refractivity contribution is 6.30. The van der Waals surface area contributed by atoms with Gasteiger partial charge in [0.15, 0.2) is 5.75 Å². The predicted molar refractivity (Wildman–Crippen MR) is 86.9 cm³/mol. The Hall–Kier alpha value is -2.80. The van der Waals surface area contributed by atoms with E-state index in [1.165, 1.54) is 25.3 Å². The summed E-state index contributed by atoms with van der Waals surface area (Å²) in [6.07, 6.45) is 0. The number of esters is 1. The summed E-state index contributed by atoms with van der Waals surface area (Å²) < 4.78 is 15.4. The van der Waals surface area contributed by atoms with Gasteiger partial charge in [0.2, 0.25) is 0 Å². The largest absolute Gasteiger partial charge is 0.490 e. The topological polar surface area (TPSA) is 87.9 Å². The molecule has 126 valence electrons. The van der Waals surface area contributed by atoms with Crippen molar-refractivity contribution in [3.05, 3.63) is 63.2 Å². The zero-order valence-corrected chi connectivity index (χ0v) is 13.5. The second kappa shape index (κ2) is 8.16. The van der Waals surface area contributed by atoms with E-state index in [2.05, 4.69) is 4.74 Å². The Balaban J connectivity index is 2.02. The molecule has 2 aromatic rings. The maximum Gasteiger partial charge on any atom is 0.337 e. The highest BCUT2D eigenvalue weighted by atomic mass is 35.5. The number of ether oxygens (including phenoxy) is 3. The Morgan fingerprint density at radius 1 is 1.17 bits per heavy atom. The Morgan fingerprint density at radius 3 is 2.58 bits per heavy atom. The number of nitrogens with zero attached hydrogens (tertiary/aromatic N) is 1. The van der Waals surface area contributed by atoms with Gasteiger partial charge in [0.1, 0.15) is 19.0 Å². The number of halogens is 1. The van der Waals surface area contributed by atoms with Gasteiger partial charge < -0.3 is 14.2 Å². The fourth-order valence-electron chi connectivity index (χ4n) is 1.89. The lowest BCUT2D eigenvalue weighted by molar-refractivity contribution is -0.385. The van der Waals surface area contributed by atoms with Crippen LogP contribution in [0.1, 0.15) is 10.4 Å². The average Bonchev–Trinajstić information content (AvgIpc) is 2.57. The van der Waals surface area contributed by atoms with Crippen molar-refractivity contribution in [2.45, 2.75) is 0 Å². The summed E-state index contributed by atoms with van der Waals surface area (Å²) >= 11 is 5.84. The van der Waals surface area contributed by atoms with Crippen LogP contribution in [0, 0.1) is 10.1 Å². The number of rotatable bonds is 7. The van der Waals surface area contributed by atoms with Crippen LogP contribution in [0.2, 0.25) is 5.02 Å². The van der Waals surface area contributed by atoms with Crippen LogP contribution >= 0.6 is 11.6 Å². The zero-order valence-electron chi connectivity index (χ0n) is 12.7. The van der Waals surface area contributed by atoms with E-state index < -0.39 is 10.9 Å². The van der Waals surface area contributed by atoms with Crippen molar-refractivity contribution in [3.63, 3.8) is 0 Å². The van der Waals surface area contributed by atoms with E-state index in [0.29, 0.717) is 10.8 Å². The summed E-state index contributed by atoms with van der Waals surface area (Å²) in [5, 5.41) is 11.6. The van der Waals surface area contributed by atoms with E-state index in [0.717, 1.165) is 0 Å². The molecule has 0 heterocycles. The van der Waals surface area contributed by atoms with Crippen LogP contribution in [0.3, 0.4) is 0 Å². The van der Waals surface area contributed by atoms with Gasteiger partial charge in [-0.05, 0) is 24.3 Å². The summed E-state index contributed by atoms with van der Waals surface area (Å²) in [5.41, 5.74) is -0.0840. The lowest BCUT2D eigenvalue weighted by Gasteiger charge is -2.10. The molecule has 0 saturated carbocycles. The molecule has 0 amide bonds. The van der Waals surface area contributed by atoms with Gasteiger partial charge >= 0.3 is 11.7 Å². The minimum Gasteiger partial charge on any atom is -0.490 e. The molecule has 24 heavy (non-hydrogen) atoms. The number of hydrogen-bond acceptors (Lipinski definition) is 6. The van der Waals surface area contributed by atoms with Crippen molar-refractivity contribution in [2.75, 3.05) is 20.3 Å². The van der Waals surface area contributed by atoms with Gasteiger partial charge in [0.05, 0.1) is 17.6 Å². The van der Waals surface area contributed by atoms with Gasteiger partial charge in [-0.25, -0.2) is 4.79 Å². The van der Waals surface area contributed by atoms with Crippen molar-refractivity contribution in [3.8, 4) is 11.5 Å². The predicted octanol–water partition coefficient (Wildman–Crippen LogP) is 3.49. The molecule has 0 aliphatic carbocycles. The first-order valence-corrected chi connectivity index (χ1v) is 7.27. The summed E-state index contributed by atoms with van der Waals surface area (Å²) in [7, 11) is 1.23. The fraction of sp³-hybridized carbons (Fsp3) is 0.188. The number of methoxy groups -OCH3 is 1. The first-order chi connectivity index (χ1) is 11.5. The lowest BCUT2D eigenvalue weighted by Crippen LogP contribution is -2.11. The summed E-state index contributed by atoms with van der Waals surface area (Å²) in [5.74, 6) is -0.0774. The van der Waals surface area contributed by atoms with Gasteiger partial charge in [0, 0.05) is 17.2 Å². The summed E-state index contributed by atoms with van der Waals surface area (Å²) in [6.45, 7) is 0.206. The zero-order chi connectivity index (χ0) is 17.5. The summed E-state index contributed by atoms with van der Waals surface area (Å²) in [6, 6.07) is 10.6. The second-order valence-corrected chi connectivity index (χ2v) is 5.02.